The van der Waals surface area contributed by atoms with Crippen LogP contribution in [0.1, 0.15) is 24.1 Å². The van der Waals surface area contributed by atoms with Crippen molar-refractivity contribution < 1.29 is 13.9 Å². The van der Waals surface area contributed by atoms with E-state index < -0.39 is 23.2 Å². The number of nitrogens with one attached hydrogen (secondary N) is 1. The molecule has 0 radical (unpaired) electrons. The second-order valence-electron chi connectivity index (χ2n) is 6.80. The highest BCUT2D eigenvalue weighted by molar-refractivity contribution is 5.56. The van der Waals surface area contributed by atoms with Crippen molar-refractivity contribution in [3.05, 3.63) is 84.6 Å². The van der Waals surface area contributed by atoms with Gasteiger partial charge in [-0.2, -0.15) is 5.10 Å². The van der Waals surface area contributed by atoms with Gasteiger partial charge in [0.15, 0.2) is 0 Å². The van der Waals surface area contributed by atoms with E-state index in [-0.39, 0.29) is 12.1 Å². The average Bonchev–Trinajstić information content (AvgIpc) is 3.41. The monoisotopic (exact) mass is 396 g/mol. The summed E-state index contributed by atoms with van der Waals surface area (Å²) in [6, 6.07) is 6.71. The molecule has 0 spiro atoms. The summed E-state index contributed by atoms with van der Waals surface area (Å²) in [5, 5.41) is 15.6. The molecule has 148 valence electrons. The van der Waals surface area contributed by atoms with Crippen LogP contribution in [0.15, 0.2) is 61.7 Å². The number of halogens is 2. The molecule has 2 atom stereocenters. The number of pyridine rings is 1. The van der Waals surface area contributed by atoms with Gasteiger partial charge in [0.25, 0.3) is 0 Å². The number of aliphatic hydroxyl groups is 1. The van der Waals surface area contributed by atoms with E-state index in [9.17, 15) is 13.9 Å². The fourth-order valence-corrected chi connectivity index (χ4v) is 3.34. The molecule has 4 aromatic rings. The molecule has 3 heterocycles. The lowest BCUT2D eigenvalue weighted by Gasteiger charge is -2.34. The number of aromatic amines is 1. The van der Waals surface area contributed by atoms with Crippen LogP contribution in [0.4, 0.5) is 8.78 Å². The Morgan fingerprint density at radius 2 is 2.03 bits per heavy atom. The van der Waals surface area contributed by atoms with Gasteiger partial charge in [0.05, 0.1) is 24.8 Å². The van der Waals surface area contributed by atoms with Crippen LogP contribution in [0.5, 0.6) is 0 Å². The zero-order valence-electron chi connectivity index (χ0n) is 15.5. The lowest BCUT2D eigenvalue weighted by molar-refractivity contribution is -0.0123. The number of aromatic nitrogens is 6. The SMILES string of the molecule is C[C@H](c1ccc(-c2cnc[nH]2)cn1)[C@@](O)(Cn1cncn1)c1ccc(F)cc1F. The number of hydrogen-bond acceptors (Lipinski definition) is 5. The van der Waals surface area contributed by atoms with Gasteiger partial charge in [0.1, 0.15) is 29.9 Å². The van der Waals surface area contributed by atoms with Gasteiger partial charge in [-0.25, -0.2) is 23.4 Å². The van der Waals surface area contributed by atoms with Gasteiger partial charge >= 0.3 is 0 Å². The Morgan fingerprint density at radius 3 is 2.66 bits per heavy atom. The topological polar surface area (TPSA) is 92.5 Å². The highest BCUT2D eigenvalue weighted by atomic mass is 19.1. The first-order chi connectivity index (χ1) is 14.0. The minimum atomic E-state index is -1.74. The molecule has 0 aliphatic rings. The van der Waals surface area contributed by atoms with Crippen LogP contribution in [0.3, 0.4) is 0 Å². The van der Waals surface area contributed by atoms with Crippen LogP contribution in [-0.2, 0) is 12.1 Å². The van der Waals surface area contributed by atoms with Crippen molar-refractivity contribution in [3.8, 4) is 11.3 Å². The van der Waals surface area contributed by atoms with Gasteiger partial charge < -0.3 is 10.1 Å². The third-order valence-electron chi connectivity index (χ3n) is 5.02. The fraction of sp³-hybridized carbons (Fsp3) is 0.200. The molecule has 0 fully saturated rings. The Bertz CT molecular complexity index is 1080. The predicted octanol–water partition coefficient (Wildman–Crippen LogP) is 3.03. The Labute approximate surface area is 165 Å². The lowest BCUT2D eigenvalue weighted by atomic mass is 9.79. The maximum Gasteiger partial charge on any atom is 0.137 e. The van der Waals surface area contributed by atoms with Crippen molar-refractivity contribution in [3.63, 3.8) is 0 Å². The van der Waals surface area contributed by atoms with E-state index in [0.717, 1.165) is 23.4 Å². The first-order valence-corrected chi connectivity index (χ1v) is 8.92. The number of imidazole rings is 1. The molecule has 0 aliphatic carbocycles. The maximum absolute atomic E-state index is 14.6. The second kappa shape index (κ2) is 7.51. The minimum Gasteiger partial charge on any atom is -0.382 e. The van der Waals surface area contributed by atoms with Crippen molar-refractivity contribution in [1.82, 2.24) is 29.7 Å². The van der Waals surface area contributed by atoms with Gasteiger partial charge in [0.2, 0.25) is 0 Å². The van der Waals surface area contributed by atoms with E-state index in [0.29, 0.717) is 5.69 Å². The molecule has 0 bridgehead atoms. The summed E-state index contributed by atoms with van der Waals surface area (Å²) in [6.45, 7) is 1.65. The second-order valence-corrected chi connectivity index (χ2v) is 6.80. The van der Waals surface area contributed by atoms with E-state index in [1.54, 1.807) is 31.7 Å². The summed E-state index contributed by atoms with van der Waals surface area (Å²) in [7, 11) is 0. The molecule has 0 amide bonds. The van der Waals surface area contributed by atoms with Crippen molar-refractivity contribution in [2.45, 2.75) is 25.0 Å². The van der Waals surface area contributed by atoms with Gasteiger partial charge in [0, 0.05) is 35.0 Å². The standard InChI is InChI=1S/C20H18F2N6O/c1-13(18-5-2-14(7-25-18)19-8-23-10-26-19)20(29,9-28-12-24-11-27-28)16-4-3-15(21)6-17(16)22/h2-8,10-13,29H,9H2,1H3,(H,23,26)/t13-,20+/m1/s1. The first kappa shape index (κ1) is 18.9. The molecular formula is C20H18F2N6O. The molecular weight excluding hydrogens is 378 g/mol. The van der Waals surface area contributed by atoms with E-state index >= 15 is 0 Å². The molecule has 0 aliphatic heterocycles. The minimum absolute atomic E-state index is 0.0404. The van der Waals surface area contributed by atoms with Crippen LogP contribution >= 0.6 is 0 Å². The van der Waals surface area contributed by atoms with E-state index in [1.807, 2.05) is 6.07 Å². The summed E-state index contributed by atoms with van der Waals surface area (Å²) in [5.41, 5.74) is 0.389. The van der Waals surface area contributed by atoms with E-state index in [4.69, 9.17) is 0 Å². The third kappa shape index (κ3) is 3.64. The zero-order valence-corrected chi connectivity index (χ0v) is 15.5. The summed E-state index contributed by atoms with van der Waals surface area (Å²) in [4.78, 5) is 15.3. The molecule has 4 rings (SSSR count). The number of rotatable bonds is 6. The van der Waals surface area contributed by atoms with Crippen molar-refractivity contribution >= 4 is 0 Å². The Kier molecular flexibility index (Phi) is 4.89. The van der Waals surface area contributed by atoms with E-state index in [1.165, 1.54) is 23.4 Å². The Hall–Kier alpha value is -3.46. The predicted molar refractivity (Wildman–Crippen MR) is 101 cm³/mol. The maximum atomic E-state index is 14.6. The molecule has 29 heavy (non-hydrogen) atoms. The van der Waals surface area contributed by atoms with Gasteiger partial charge in [-0.3, -0.25) is 4.98 Å². The average molecular weight is 396 g/mol. The molecule has 7 nitrogen and oxygen atoms in total. The Balaban J connectivity index is 1.74. The van der Waals surface area contributed by atoms with Crippen LogP contribution in [0.2, 0.25) is 0 Å². The molecule has 3 aromatic heterocycles. The zero-order chi connectivity index (χ0) is 20.4. The molecule has 0 saturated carbocycles. The van der Waals surface area contributed by atoms with Crippen LogP contribution in [-0.4, -0.2) is 34.8 Å². The van der Waals surface area contributed by atoms with Crippen LogP contribution in [0.25, 0.3) is 11.3 Å². The number of hydrogen-bond donors (Lipinski definition) is 2. The van der Waals surface area contributed by atoms with E-state index in [2.05, 4.69) is 25.0 Å². The molecule has 1 aromatic carbocycles. The van der Waals surface area contributed by atoms with Crippen LogP contribution in [0, 0.1) is 11.6 Å². The molecule has 9 heteroatoms. The summed E-state index contributed by atoms with van der Waals surface area (Å²) >= 11 is 0. The number of benzene rings is 1. The smallest absolute Gasteiger partial charge is 0.137 e. The van der Waals surface area contributed by atoms with Crippen molar-refractivity contribution in [2.24, 2.45) is 0 Å². The van der Waals surface area contributed by atoms with Gasteiger partial charge in [-0.1, -0.05) is 13.0 Å². The summed E-state index contributed by atoms with van der Waals surface area (Å²) in [6.07, 6.45) is 7.64. The third-order valence-corrected chi connectivity index (χ3v) is 5.02. The largest absolute Gasteiger partial charge is 0.382 e. The number of H-pyrrole nitrogens is 1. The number of nitrogens with zero attached hydrogens (tertiary/aromatic N) is 5. The normalized spacial score (nSPS) is 14.5. The fourth-order valence-electron chi connectivity index (χ4n) is 3.34. The van der Waals surface area contributed by atoms with Gasteiger partial charge in [-0.05, 0) is 18.2 Å². The first-order valence-electron chi connectivity index (χ1n) is 8.92. The quantitative estimate of drug-likeness (QED) is 0.523. The molecule has 0 unspecified atom stereocenters. The van der Waals surface area contributed by atoms with Crippen molar-refractivity contribution in [2.75, 3.05) is 0 Å². The Morgan fingerprint density at radius 1 is 1.17 bits per heavy atom. The summed E-state index contributed by atoms with van der Waals surface area (Å²) < 4.78 is 29.5. The highest BCUT2D eigenvalue weighted by Crippen LogP contribution is 2.39. The summed E-state index contributed by atoms with van der Waals surface area (Å²) in [5.74, 6) is -2.19. The van der Waals surface area contributed by atoms with Crippen molar-refractivity contribution in [1.29, 1.82) is 0 Å². The van der Waals surface area contributed by atoms with Crippen LogP contribution < -0.4 is 0 Å². The van der Waals surface area contributed by atoms with Gasteiger partial charge in [-0.15, -0.1) is 0 Å². The molecule has 2 N–H and O–H groups in total. The highest BCUT2D eigenvalue weighted by Gasteiger charge is 2.40. The molecule has 0 saturated heterocycles. The lowest BCUT2D eigenvalue weighted by Crippen LogP contribution is -2.38.